The number of thiazole rings is 1. The van der Waals surface area contributed by atoms with Gasteiger partial charge in [-0.1, -0.05) is 29.0 Å². The maximum absolute atomic E-state index is 13.0. The smallest absolute Gasteiger partial charge is 0.195 e. The number of anilines is 1. The number of fused-ring (bicyclic) bond motifs is 2. The zero-order valence-electron chi connectivity index (χ0n) is 15.0. The van der Waals surface area contributed by atoms with Crippen molar-refractivity contribution >= 4 is 49.9 Å². The molecule has 142 valence electrons. The highest BCUT2D eigenvalue weighted by atomic mass is 35.5. The maximum atomic E-state index is 13.0. The van der Waals surface area contributed by atoms with E-state index in [0.717, 1.165) is 4.70 Å². The molecule has 0 unspecified atom stereocenters. The van der Waals surface area contributed by atoms with Crippen LogP contribution in [0.4, 0.5) is 5.13 Å². The quantitative estimate of drug-likeness (QED) is 0.667. The highest BCUT2D eigenvalue weighted by Crippen LogP contribution is 2.36. The summed E-state index contributed by atoms with van der Waals surface area (Å²) >= 11 is 7.59. The lowest BCUT2D eigenvalue weighted by molar-refractivity contribution is 0.0978. The summed E-state index contributed by atoms with van der Waals surface area (Å²) in [5.74, 6) is 0.108. The van der Waals surface area contributed by atoms with Gasteiger partial charge in [-0.2, -0.15) is 0 Å². The van der Waals surface area contributed by atoms with Gasteiger partial charge in [0, 0.05) is 12.1 Å². The summed E-state index contributed by atoms with van der Waals surface area (Å²) < 4.78 is 11.5. The van der Waals surface area contributed by atoms with Gasteiger partial charge in [-0.05, 0) is 30.3 Å². The lowest BCUT2D eigenvalue weighted by Crippen LogP contribution is -2.23. The van der Waals surface area contributed by atoms with E-state index in [-0.39, 0.29) is 29.2 Å². The Bertz CT molecular complexity index is 1150. The minimum absolute atomic E-state index is 0.155. The summed E-state index contributed by atoms with van der Waals surface area (Å²) in [5.41, 5.74) is 1.48. The standard InChI is InChI=1S/C20H15ClN2O4S/c1-26-13-6-7-14(27-2)17-16(13)12(24)8-10(19(17)25)9-22-20-23-18-11(21)4-3-5-15(18)28-20/h3-8H,9H2,1-2H3,(H,22,23). The number of aromatic nitrogens is 1. The minimum Gasteiger partial charge on any atom is -0.496 e. The second kappa shape index (κ2) is 7.26. The van der Waals surface area contributed by atoms with Gasteiger partial charge >= 0.3 is 0 Å². The Morgan fingerprint density at radius 3 is 2.46 bits per heavy atom. The summed E-state index contributed by atoms with van der Waals surface area (Å²) in [6, 6.07) is 8.79. The molecular weight excluding hydrogens is 400 g/mol. The van der Waals surface area contributed by atoms with Gasteiger partial charge in [0.2, 0.25) is 0 Å². The van der Waals surface area contributed by atoms with Crippen molar-refractivity contribution in [1.82, 2.24) is 4.98 Å². The van der Waals surface area contributed by atoms with E-state index in [1.54, 1.807) is 18.2 Å². The second-order valence-corrected chi connectivity index (χ2v) is 7.48. The number of ketones is 2. The monoisotopic (exact) mass is 414 g/mol. The van der Waals surface area contributed by atoms with Crippen molar-refractivity contribution in [2.24, 2.45) is 0 Å². The third-order valence-corrected chi connectivity index (χ3v) is 5.72. The molecule has 0 saturated heterocycles. The first kappa shape index (κ1) is 18.5. The van der Waals surface area contributed by atoms with E-state index in [2.05, 4.69) is 10.3 Å². The number of nitrogens with one attached hydrogen (secondary N) is 1. The van der Waals surface area contributed by atoms with Crippen LogP contribution in [-0.4, -0.2) is 37.3 Å². The lowest BCUT2D eigenvalue weighted by atomic mass is 9.88. The van der Waals surface area contributed by atoms with Crippen LogP contribution in [0.1, 0.15) is 20.7 Å². The van der Waals surface area contributed by atoms with Crippen molar-refractivity contribution in [2.75, 3.05) is 26.1 Å². The molecule has 0 fully saturated rings. The summed E-state index contributed by atoms with van der Waals surface area (Å²) in [5, 5.41) is 4.30. The number of rotatable bonds is 5. The summed E-state index contributed by atoms with van der Waals surface area (Å²) in [7, 11) is 2.92. The van der Waals surface area contributed by atoms with Gasteiger partial charge in [0.15, 0.2) is 16.7 Å². The third-order valence-electron chi connectivity index (χ3n) is 4.44. The molecule has 4 rings (SSSR count). The van der Waals surface area contributed by atoms with Crippen LogP contribution in [0.3, 0.4) is 0 Å². The Kier molecular flexibility index (Phi) is 4.78. The molecule has 0 bridgehead atoms. The number of carbonyl (C=O) groups is 2. The normalized spacial score (nSPS) is 13.3. The molecule has 0 spiro atoms. The number of benzene rings is 2. The van der Waals surface area contributed by atoms with Gasteiger partial charge < -0.3 is 14.8 Å². The molecule has 0 radical (unpaired) electrons. The van der Waals surface area contributed by atoms with E-state index < -0.39 is 0 Å². The Balaban J connectivity index is 1.64. The van der Waals surface area contributed by atoms with Gasteiger partial charge in [-0.15, -0.1) is 0 Å². The SMILES string of the molecule is COc1ccc(OC)c2c1C(=O)C=C(CNc1nc3c(Cl)cccc3s1)C2=O. The van der Waals surface area contributed by atoms with E-state index in [1.807, 2.05) is 12.1 Å². The minimum atomic E-state index is -0.297. The Morgan fingerprint density at radius 2 is 1.79 bits per heavy atom. The largest absolute Gasteiger partial charge is 0.496 e. The number of ether oxygens (including phenoxy) is 2. The highest BCUT2D eigenvalue weighted by molar-refractivity contribution is 7.22. The van der Waals surface area contributed by atoms with Crippen molar-refractivity contribution in [3.8, 4) is 11.5 Å². The fraction of sp³-hybridized carbons (Fsp3) is 0.150. The summed E-state index contributed by atoms with van der Waals surface area (Å²) in [6.07, 6.45) is 1.33. The Hall–Kier alpha value is -2.90. The van der Waals surface area contributed by atoms with Crippen molar-refractivity contribution in [2.45, 2.75) is 0 Å². The molecule has 6 nitrogen and oxygen atoms in total. The number of nitrogens with zero attached hydrogens (tertiary/aromatic N) is 1. The van der Waals surface area contributed by atoms with Crippen LogP contribution in [0.15, 0.2) is 42.0 Å². The van der Waals surface area contributed by atoms with E-state index in [0.29, 0.717) is 32.7 Å². The van der Waals surface area contributed by atoms with Crippen LogP contribution in [0.2, 0.25) is 5.02 Å². The Morgan fingerprint density at radius 1 is 1.07 bits per heavy atom. The van der Waals surface area contributed by atoms with Crippen molar-refractivity contribution in [3.05, 3.63) is 58.1 Å². The molecule has 2 aromatic carbocycles. The fourth-order valence-corrected chi connectivity index (χ4v) is 4.29. The van der Waals surface area contributed by atoms with Crippen molar-refractivity contribution in [3.63, 3.8) is 0 Å². The number of para-hydroxylation sites is 1. The molecule has 0 saturated carbocycles. The number of hydrogen-bond donors (Lipinski definition) is 1. The first-order chi connectivity index (χ1) is 13.5. The van der Waals surface area contributed by atoms with Gasteiger partial charge in [0.1, 0.15) is 17.0 Å². The van der Waals surface area contributed by atoms with Crippen LogP contribution in [0, 0.1) is 0 Å². The van der Waals surface area contributed by atoms with Gasteiger partial charge in [-0.25, -0.2) is 4.98 Å². The maximum Gasteiger partial charge on any atom is 0.195 e. The number of allylic oxidation sites excluding steroid dienone is 1. The first-order valence-electron chi connectivity index (χ1n) is 8.37. The number of halogens is 1. The molecule has 3 aromatic rings. The van der Waals surface area contributed by atoms with Gasteiger partial charge in [0.05, 0.1) is 35.1 Å². The number of methoxy groups -OCH3 is 2. The molecule has 1 aliphatic rings. The Labute approximate surface area is 169 Å². The molecule has 0 atom stereocenters. The average Bonchev–Trinajstić information content (AvgIpc) is 3.13. The van der Waals surface area contributed by atoms with Gasteiger partial charge in [-0.3, -0.25) is 9.59 Å². The molecule has 1 N–H and O–H groups in total. The molecule has 0 amide bonds. The van der Waals surface area contributed by atoms with Crippen molar-refractivity contribution in [1.29, 1.82) is 0 Å². The number of Topliss-reactive ketones (excluding diaryl/α,β-unsaturated/α-hetero) is 1. The number of hydrogen-bond acceptors (Lipinski definition) is 7. The van der Waals surface area contributed by atoms with E-state index in [1.165, 1.54) is 31.6 Å². The first-order valence-corrected chi connectivity index (χ1v) is 9.56. The molecule has 0 aliphatic heterocycles. The van der Waals surface area contributed by atoms with E-state index >= 15 is 0 Å². The lowest BCUT2D eigenvalue weighted by Gasteiger charge is -2.20. The molecular formula is C20H15ClN2O4S. The zero-order valence-corrected chi connectivity index (χ0v) is 16.6. The molecule has 28 heavy (non-hydrogen) atoms. The van der Waals surface area contributed by atoms with E-state index in [9.17, 15) is 9.59 Å². The van der Waals surface area contributed by atoms with Crippen LogP contribution in [0.25, 0.3) is 10.2 Å². The van der Waals surface area contributed by atoms with Gasteiger partial charge in [0.25, 0.3) is 0 Å². The van der Waals surface area contributed by atoms with Crippen LogP contribution >= 0.6 is 22.9 Å². The van der Waals surface area contributed by atoms with Crippen LogP contribution < -0.4 is 14.8 Å². The third kappa shape index (κ3) is 3.02. The topological polar surface area (TPSA) is 77.5 Å². The molecule has 1 heterocycles. The van der Waals surface area contributed by atoms with E-state index in [4.69, 9.17) is 21.1 Å². The van der Waals surface area contributed by atoms with Crippen LogP contribution in [-0.2, 0) is 0 Å². The molecule has 8 heteroatoms. The van der Waals surface area contributed by atoms with Crippen LogP contribution in [0.5, 0.6) is 11.5 Å². The summed E-state index contributed by atoms with van der Waals surface area (Å²) in [6.45, 7) is 0.155. The average molecular weight is 415 g/mol. The predicted molar refractivity (Wildman–Crippen MR) is 109 cm³/mol. The highest BCUT2D eigenvalue weighted by Gasteiger charge is 2.31. The van der Waals surface area contributed by atoms with Crippen molar-refractivity contribution < 1.29 is 19.1 Å². The predicted octanol–water partition coefficient (Wildman–Crippen LogP) is 4.38. The second-order valence-electron chi connectivity index (χ2n) is 6.04. The fourth-order valence-electron chi connectivity index (χ4n) is 3.12. The molecule has 1 aliphatic carbocycles. The zero-order chi connectivity index (χ0) is 19.8. The number of carbonyl (C=O) groups excluding carboxylic acids is 2. The summed E-state index contributed by atoms with van der Waals surface area (Å²) in [4.78, 5) is 30.1. The molecule has 1 aromatic heterocycles.